The van der Waals surface area contributed by atoms with Gasteiger partial charge in [-0.05, 0) is 41.3 Å². The zero-order valence-electron chi connectivity index (χ0n) is 17.7. The summed E-state index contributed by atoms with van der Waals surface area (Å²) in [6.45, 7) is 4.13. The fourth-order valence-electron chi connectivity index (χ4n) is 4.26. The largest absolute Gasteiger partial charge is 0.489 e. The van der Waals surface area contributed by atoms with E-state index in [-0.39, 0.29) is 35.1 Å². The molecule has 5 nitrogen and oxygen atoms in total. The minimum absolute atomic E-state index is 0.00203. The average Bonchev–Trinajstić information content (AvgIpc) is 2.71. The standard InChI is InChI=1S/C25H22BrFN2O3/c1-25(2)10-19(30)23-21(11-25)32-24(29)18(12-28)22(23)17-9-15(26)6-7-20(17)31-13-14-4-3-5-16(27)8-14/h3-9,22H,10-11,13,29H2,1-2H3. The number of ketones is 1. The third-order valence-electron chi connectivity index (χ3n) is 5.64. The molecule has 0 saturated heterocycles. The summed E-state index contributed by atoms with van der Waals surface area (Å²) in [6.07, 6.45) is 0.884. The van der Waals surface area contributed by atoms with E-state index < -0.39 is 5.92 Å². The van der Waals surface area contributed by atoms with E-state index in [9.17, 15) is 14.4 Å². The van der Waals surface area contributed by atoms with Crippen LogP contribution in [0.25, 0.3) is 0 Å². The van der Waals surface area contributed by atoms with Gasteiger partial charge in [-0.25, -0.2) is 4.39 Å². The van der Waals surface area contributed by atoms with Crippen molar-refractivity contribution < 1.29 is 18.7 Å². The summed E-state index contributed by atoms with van der Waals surface area (Å²) >= 11 is 3.48. The smallest absolute Gasteiger partial charge is 0.205 e. The maximum atomic E-state index is 13.6. The summed E-state index contributed by atoms with van der Waals surface area (Å²) in [5.41, 5.74) is 7.77. The number of benzene rings is 2. The van der Waals surface area contributed by atoms with Crippen LogP contribution in [0.3, 0.4) is 0 Å². The van der Waals surface area contributed by atoms with Gasteiger partial charge in [-0.3, -0.25) is 4.79 Å². The molecule has 1 aliphatic carbocycles. The maximum absolute atomic E-state index is 13.6. The molecule has 0 bridgehead atoms. The molecule has 2 N–H and O–H groups in total. The van der Waals surface area contributed by atoms with Crippen molar-refractivity contribution in [3.63, 3.8) is 0 Å². The molecule has 1 aliphatic heterocycles. The molecule has 0 aromatic heterocycles. The molecule has 164 valence electrons. The lowest BCUT2D eigenvalue weighted by Gasteiger charge is -2.37. The van der Waals surface area contributed by atoms with Crippen LogP contribution >= 0.6 is 15.9 Å². The third-order valence-corrected chi connectivity index (χ3v) is 6.13. The van der Waals surface area contributed by atoms with Crippen molar-refractivity contribution in [2.75, 3.05) is 0 Å². The second kappa shape index (κ2) is 8.44. The van der Waals surface area contributed by atoms with Gasteiger partial charge in [-0.15, -0.1) is 0 Å². The van der Waals surface area contributed by atoms with Crippen LogP contribution in [0, 0.1) is 22.6 Å². The zero-order chi connectivity index (χ0) is 23.0. The number of ether oxygens (including phenoxy) is 2. The van der Waals surface area contributed by atoms with Crippen molar-refractivity contribution in [2.45, 2.75) is 39.2 Å². The molecule has 0 radical (unpaired) electrons. The molecule has 0 spiro atoms. The highest BCUT2D eigenvalue weighted by atomic mass is 79.9. The fourth-order valence-corrected chi connectivity index (χ4v) is 4.64. The average molecular weight is 497 g/mol. The lowest BCUT2D eigenvalue weighted by Crippen LogP contribution is -2.33. The molecule has 32 heavy (non-hydrogen) atoms. The Labute approximate surface area is 194 Å². The Morgan fingerprint density at radius 3 is 2.78 bits per heavy atom. The minimum atomic E-state index is -0.702. The Balaban J connectivity index is 1.80. The van der Waals surface area contributed by atoms with Crippen molar-refractivity contribution >= 4 is 21.7 Å². The predicted octanol–water partition coefficient (Wildman–Crippen LogP) is 5.62. The number of carbonyl (C=O) groups is 1. The molecule has 0 amide bonds. The summed E-state index contributed by atoms with van der Waals surface area (Å²) < 4.78 is 26.1. The van der Waals surface area contributed by atoms with Gasteiger partial charge in [0.1, 0.15) is 35.6 Å². The minimum Gasteiger partial charge on any atom is -0.489 e. The summed E-state index contributed by atoms with van der Waals surface area (Å²) in [7, 11) is 0. The van der Waals surface area contributed by atoms with Gasteiger partial charge in [0.25, 0.3) is 0 Å². The van der Waals surface area contributed by atoms with Gasteiger partial charge in [-0.2, -0.15) is 5.26 Å². The summed E-state index contributed by atoms with van der Waals surface area (Å²) in [4.78, 5) is 13.2. The number of nitrogens with two attached hydrogens (primary N) is 1. The lowest BCUT2D eigenvalue weighted by molar-refractivity contribution is -0.119. The molecule has 0 fully saturated rings. The Morgan fingerprint density at radius 2 is 2.06 bits per heavy atom. The van der Waals surface area contributed by atoms with Crippen molar-refractivity contribution in [3.8, 4) is 11.8 Å². The zero-order valence-corrected chi connectivity index (χ0v) is 19.3. The number of Topliss-reactive ketones (excluding diaryl/α,β-unsaturated/α-hetero) is 1. The summed E-state index contributed by atoms with van der Waals surface area (Å²) in [5.74, 6) is -0.139. The van der Waals surface area contributed by atoms with Crippen LogP contribution in [0.4, 0.5) is 4.39 Å². The van der Waals surface area contributed by atoms with Gasteiger partial charge in [0, 0.05) is 28.5 Å². The van der Waals surface area contributed by atoms with Gasteiger partial charge in [0.2, 0.25) is 5.88 Å². The van der Waals surface area contributed by atoms with Gasteiger partial charge in [0.15, 0.2) is 5.78 Å². The van der Waals surface area contributed by atoms with E-state index in [2.05, 4.69) is 22.0 Å². The van der Waals surface area contributed by atoms with E-state index in [1.165, 1.54) is 12.1 Å². The molecule has 1 unspecified atom stereocenters. The summed E-state index contributed by atoms with van der Waals surface area (Å²) in [6, 6.07) is 13.7. The normalized spacial score (nSPS) is 19.8. The molecular weight excluding hydrogens is 475 g/mol. The topological polar surface area (TPSA) is 85.3 Å². The molecule has 4 rings (SSSR count). The number of carbonyl (C=O) groups excluding carboxylic acids is 1. The van der Waals surface area contributed by atoms with Crippen LogP contribution in [-0.4, -0.2) is 5.78 Å². The van der Waals surface area contributed by atoms with Gasteiger partial charge < -0.3 is 15.2 Å². The van der Waals surface area contributed by atoms with E-state index >= 15 is 0 Å². The molecule has 1 heterocycles. The van der Waals surface area contributed by atoms with Crippen LogP contribution < -0.4 is 10.5 Å². The second-order valence-corrected chi connectivity index (χ2v) is 9.72. The Bertz CT molecular complexity index is 1210. The second-order valence-electron chi connectivity index (χ2n) is 8.80. The molecule has 7 heteroatoms. The highest BCUT2D eigenvalue weighted by Gasteiger charge is 2.43. The number of hydrogen-bond donors (Lipinski definition) is 1. The number of halogens is 2. The summed E-state index contributed by atoms with van der Waals surface area (Å²) in [5, 5.41) is 9.88. The van der Waals surface area contributed by atoms with Crippen molar-refractivity contribution in [2.24, 2.45) is 11.1 Å². The first-order valence-corrected chi connectivity index (χ1v) is 11.0. The van der Waals surface area contributed by atoms with Crippen LogP contribution in [-0.2, 0) is 16.1 Å². The quantitative estimate of drug-likeness (QED) is 0.593. The molecule has 2 aromatic carbocycles. The fraction of sp³-hybridized carbons (Fsp3) is 0.280. The van der Waals surface area contributed by atoms with Crippen molar-refractivity contribution in [3.05, 3.63) is 86.7 Å². The third kappa shape index (κ3) is 4.28. The molecule has 1 atom stereocenters. The Hall–Kier alpha value is -3.11. The molecular formula is C25H22BrFN2O3. The van der Waals surface area contributed by atoms with Crippen molar-refractivity contribution in [1.29, 1.82) is 5.26 Å². The van der Waals surface area contributed by atoms with Gasteiger partial charge in [-0.1, -0.05) is 41.9 Å². The first kappa shape index (κ1) is 22.1. The predicted molar refractivity (Wildman–Crippen MR) is 121 cm³/mol. The van der Waals surface area contributed by atoms with E-state index in [0.29, 0.717) is 41.1 Å². The lowest BCUT2D eigenvalue weighted by atomic mass is 9.70. The number of hydrogen-bond acceptors (Lipinski definition) is 5. The molecule has 2 aliphatic rings. The van der Waals surface area contributed by atoms with Crippen molar-refractivity contribution in [1.82, 2.24) is 0 Å². The van der Waals surface area contributed by atoms with Crippen LogP contribution in [0.2, 0.25) is 0 Å². The van der Waals surface area contributed by atoms with E-state index in [1.54, 1.807) is 18.2 Å². The number of allylic oxidation sites excluding steroid dienone is 3. The van der Waals surface area contributed by atoms with Crippen LogP contribution in [0.1, 0.15) is 43.7 Å². The maximum Gasteiger partial charge on any atom is 0.205 e. The Morgan fingerprint density at radius 1 is 1.28 bits per heavy atom. The van der Waals surface area contributed by atoms with E-state index in [4.69, 9.17) is 15.2 Å². The van der Waals surface area contributed by atoms with E-state index in [1.807, 2.05) is 26.0 Å². The number of nitrogens with zero attached hydrogens (tertiary/aromatic N) is 1. The highest BCUT2D eigenvalue weighted by Crippen LogP contribution is 2.49. The first-order valence-electron chi connectivity index (χ1n) is 10.2. The number of nitriles is 1. The SMILES string of the molecule is CC1(C)CC(=O)C2=C(C1)OC(N)=C(C#N)C2c1cc(Br)ccc1OCc1cccc(F)c1. The first-order chi connectivity index (χ1) is 15.2. The van der Waals surface area contributed by atoms with Crippen LogP contribution in [0.15, 0.2) is 69.7 Å². The van der Waals surface area contributed by atoms with Gasteiger partial charge >= 0.3 is 0 Å². The number of rotatable bonds is 4. The van der Waals surface area contributed by atoms with E-state index in [0.717, 1.165) is 4.47 Å². The molecule has 0 saturated carbocycles. The highest BCUT2D eigenvalue weighted by molar-refractivity contribution is 9.10. The van der Waals surface area contributed by atoms with Crippen LogP contribution in [0.5, 0.6) is 5.75 Å². The monoisotopic (exact) mass is 496 g/mol. The van der Waals surface area contributed by atoms with Gasteiger partial charge in [0.05, 0.1) is 5.92 Å². The Kier molecular flexibility index (Phi) is 5.83. The molecule has 2 aromatic rings.